The van der Waals surface area contributed by atoms with E-state index in [1.54, 1.807) is 23.9 Å². The Morgan fingerprint density at radius 2 is 2.22 bits per heavy atom. The number of thioether (sulfide) groups is 1. The van der Waals surface area contributed by atoms with Crippen molar-refractivity contribution < 1.29 is 14.6 Å². The molecule has 0 saturated carbocycles. The monoisotopic (exact) mass is 331 g/mol. The molecular formula is C18H21NO3S. The molecule has 0 unspecified atom stereocenters. The third-order valence-electron chi connectivity index (χ3n) is 3.95. The molecule has 0 spiro atoms. The predicted octanol–water partition coefficient (Wildman–Crippen LogP) is 3.79. The van der Waals surface area contributed by atoms with Gasteiger partial charge in [-0.25, -0.2) is 0 Å². The molecule has 0 radical (unpaired) electrons. The summed E-state index contributed by atoms with van der Waals surface area (Å²) in [5, 5.41) is 14.4. The molecule has 1 saturated heterocycles. The molecule has 0 aromatic heterocycles. The molecule has 4 nitrogen and oxygen atoms in total. The maximum absolute atomic E-state index is 12.1. The maximum Gasteiger partial charge on any atom is 0.234 e. The number of phenols is 1. The largest absolute Gasteiger partial charge is 0.508 e. The van der Waals surface area contributed by atoms with Gasteiger partial charge in [0, 0.05) is 23.4 Å². The fourth-order valence-corrected chi connectivity index (χ4v) is 3.68. The summed E-state index contributed by atoms with van der Waals surface area (Å²) in [4.78, 5) is 12.1. The predicted molar refractivity (Wildman–Crippen MR) is 95.2 cm³/mol. The highest BCUT2D eigenvalue weighted by Gasteiger charge is 2.14. The third-order valence-corrected chi connectivity index (χ3v) is 5.02. The number of carbonyl (C=O) groups excluding carboxylic acids is 1. The number of hydrogen-bond donors (Lipinski definition) is 2. The number of benzene rings is 2. The smallest absolute Gasteiger partial charge is 0.234 e. The normalized spacial score (nSPS) is 18.0. The molecule has 122 valence electrons. The van der Waals surface area contributed by atoms with Crippen molar-refractivity contribution in [2.75, 3.05) is 23.4 Å². The molecule has 2 N–H and O–H groups in total. The molecule has 3 rings (SSSR count). The SMILES string of the molecule is O=C(CSC[C@@H]1CCCCO1)Nc1cccc2ccc(O)cc12. The van der Waals surface area contributed by atoms with Gasteiger partial charge >= 0.3 is 0 Å². The van der Waals surface area contributed by atoms with Gasteiger partial charge in [0.1, 0.15) is 5.75 Å². The van der Waals surface area contributed by atoms with Crippen molar-refractivity contribution in [3.05, 3.63) is 36.4 Å². The Morgan fingerprint density at radius 1 is 1.30 bits per heavy atom. The van der Waals surface area contributed by atoms with Gasteiger partial charge in [0.15, 0.2) is 0 Å². The van der Waals surface area contributed by atoms with Crippen molar-refractivity contribution in [1.82, 2.24) is 0 Å². The minimum absolute atomic E-state index is 0.0262. The Morgan fingerprint density at radius 3 is 3.04 bits per heavy atom. The number of anilines is 1. The third kappa shape index (κ3) is 4.39. The van der Waals surface area contributed by atoms with Crippen LogP contribution in [0.15, 0.2) is 36.4 Å². The lowest BCUT2D eigenvalue weighted by Crippen LogP contribution is -2.23. The molecule has 1 aliphatic rings. The molecule has 1 aliphatic heterocycles. The molecule has 1 atom stereocenters. The Hall–Kier alpha value is -1.72. The number of fused-ring (bicyclic) bond motifs is 1. The van der Waals surface area contributed by atoms with Crippen LogP contribution >= 0.6 is 11.8 Å². The van der Waals surface area contributed by atoms with Gasteiger partial charge in [-0.1, -0.05) is 18.2 Å². The summed E-state index contributed by atoms with van der Waals surface area (Å²) < 4.78 is 5.67. The minimum Gasteiger partial charge on any atom is -0.508 e. The van der Waals surface area contributed by atoms with Crippen molar-refractivity contribution >= 4 is 34.1 Å². The van der Waals surface area contributed by atoms with E-state index < -0.39 is 0 Å². The lowest BCUT2D eigenvalue weighted by molar-refractivity contribution is -0.113. The van der Waals surface area contributed by atoms with Gasteiger partial charge in [0.25, 0.3) is 0 Å². The molecule has 5 heteroatoms. The van der Waals surface area contributed by atoms with Gasteiger partial charge in [-0.15, -0.1) is 11.8 Å². The number of ether oxygens (including phenoxy) is 1. The van der Waals surface area contributed by atoms with E-state index in [-0.39, 0.29) is 17.8 Å². The van der Waals surface area contributed by atoms with Gasteiger partial charge in [0.05, 0.1) is 11.9 Å². The molecule has 1 amide bonds. The molecule has 2 aromatic carbocycles. The van der Waals surface area contributed by atoms with E-state index in [4.69, 9.17) is 4.74 Å². The van der Waals surface area contributed by atoms with E-state index in [9.17, 15) is 9.90 Å². The second kappa shape index (κ2) is 7.70. The quantitative estimate of drug-likeness (QED) is 0.875. The number of rotatable bonds is 5. The zero-order valence-electron chi connectivity index (χ0n) is 13.0. The first-order valence-electron chi connectivity index (χ1n) is 7.93. The fraction of sp³-hybridized carbons (Fsp3) is 0.389. The van der Waals surface area contributed by atoms with Crippen molar-refractivity contribution in [3.8, 4) is 5.75 Å². The first kappa shape index (κ1) is 16.1. The zero-order valence-corrected chi connectivity index (χ0v) is 13.8. The van der Waals surface area contributed by atoms with Gasteiger partial charge in [-0.05, 0) is 42.8 Å². The summed E-state index contributed by atoms with van der Waals surface area (Å²) in [5.74, 6) is 1.45. The van der Waals surface area contributed by atoms with Crippen molar-refractivity contribution in [2.24, 2.45) is 0 Å². The number of carbonyl (C=O) groups is 1. The van der Waals surface area contributed by atoms with Crippen molar-refractivity contribution in [3.63, 3.8) is 0 Å². The van der Waals surface area contributed by atoms with E-state index in [2.05, 4.69) is 5.32 Å². The van der Waals surface area contributed by atoms with Crippen LogP contribution < -0.4 is 5.32 Å². The summed E-state index contributed by atoms with van der Waals surface area (Å²) in [5.41, 5.74) is 0.734. The fourth-order valence-electron chi connectivity index (χ4n) is 2.78. The number of hydrogen-bond acceptors (Lipinski definition) is 4. The second-order valence-electron chi connectivity index (χ2n) is 5.76. The molecule has 1 fully saturated rings. The van der Waals surface area contributed by atoms with E-state index in [1.165, 1.54) is 6.42 Å². The number of nitrogens with one attached hydrogen (secondary N) is 1. The van der Waals surface area contributed by atoms with Crippen LogP contribution in [0.3, 0.4) is 0 Å². The van der Waals surface area contributed by atoms with Crippen molar-refractivity contribution in [2.45, 2.75) is 25.4 Å². The molecule has 0 aliphatic carbocycles. The molecule has 2 aromatic rings. The zero-order chi connectivity index (χ0) is 16.1. The first-order chi connectivity index (χ1) is 11.2. The highest BCUT2D eigenvalue weighted by molar-refractivity contribution is 8.00. The molecule has 0 bridgehead atoms. The lowest BCUT2D eigenvalue weighted by atomic mass is 10.1. The standard InChI is InChI=1S/C18H21NO3S/c20-14-8-7-13-4-3-6-17(16(13)10-14)19-18(21)12-23-11-15-5-1-2-9-22-15/h3-4,6-8,10,15,20H,1-2,5,9,11-12H2,(H,19,21)/t15-/m0/s1. The highest BCUT2D eigenvalue weighted by Crippen LogP contribution is 2.27. The van der Waals surface area contributed by atoms with Gasteiger partial charge in [0.2, 0.25) is 5.91 Å². The summed E-state index contributed by atoms with van der Waals surface area (Å²) in [6.45, 7) is 0.844. The average Bonchev–Trinajstić information content (AvgIpc) is 2.56. The van der Waals surface area contributed by atoms with Crippen LogP contribution in [0.25, 0.3) is 10.8 Å². The molecule has 1 heterocycles. The Kier molecular flexibility index (Phi) is 5.41. The number of amides is 1. The first-order valence-corrected chi connectivity index (χ1v) is 9.09. The van der Waals surface area contributed by atoms with E-state index >= 15 is 0 Å². The molecule has 23 heavy (non-hydrogen) atoms. The Labute approximate surface area is 140 Å². The second-order valence-corrected chi connectivity index (χ2v) is 6.79. The van der Waals surface area contributed by atoms with Crippen LogP contribution in [-0.2, 0) is 9.53 Å². The molecular weight excluding hydrogens is 310 g/mol. The van der Waals surface area contributed by atoms with Crippen LogP contribution in [0.4, 0.5) is 5.69 Å². The average molecular weight is 331 g/mol. The summed E-state index contributed by atoms with van der Waals surface area (Å²) in [7, 11) is 0. The van der Waals surface area contributed by atoms with Crippen LogP contribution in [-0.4, -0.2) is 35.2 Å². The van der Waals surface area contributed by atoms with Gasteiger partial charge in [-0.3, -0.25) is 4.79 Å². The van der Waals surface area contributed by atoms with Gasteiger partial charge < -0.3 is 15.2 Å². The van der Waals surface area contributed by atoms with Gasteiger partial charge in [-0.2, -0.15) is 0 Å². The Bertz CT molecular complexity index is 683. The van der Waals surface area contributed by atoms with Crippen LogP contribution in [0.2, 0.25) is 0 Å². The highest BCUT2D eigenvalue weighted by atomic mass is 32.2. The Balaban J connectivity index is 1.56. The maximum atomic E-state index is 12.1. The van der Waals surface area contributed by atoms with E-state index in [0.29, 0.717) is 5.75 Å². The van der Waals surface area contributed by atoms with Crippen LogP contribution in [0, 0.1) is 0 Å². The van der Waals surface area contributed by atoms with Crippen LogP contribution in [0.5, 0.6) is 5.75 Å². The summed E-state index contributed by atoms with van der Waals surface area (Å²) >= 11 is 1.61. The summed E-state index contributed by atoms with van der Waals surface area (Å²) in [6.07, 6.45) is 3.75. The number of aromatic hydroxyl groups is 1. The summed E-state index contributed by atoms with van der Waals surface area (Å²) in [6, 6.07) is 10.9. The van der Waals surface area contributed by atoms with Crippen LogP contribution in [0.1, 0.15) is 19.3 Å². The minimum atomic E-state index is -0.0262. The van der Waals surface area contributed by atoms with Crippen molar-refractivity contribution in [1.29, 1.82) is 0 Å². The number of phenolic OH excluding ortho intramolecular Hbond substituents is 1. The van der Waals surface area contributed by atoms with E-state index in [1.807, 2.05) is 24.3 Å². The lowest BCUT2D eigenvalue weighted by Gasteiger charge is -2.21. The van der Waals surface area contributed by atoms with E-state index in [0.717, 1.165) is 41.7 Å². The topological polar surface area (TPSA) is 58.6 Å².